The first kappa shape index (κ1) is 29.8. The van der Waals surface area contributed by atoms with E-state index in [1.165, 1.54) is 27.6 Å². The number of ether oxygens (including phenoxy) is 1. The van der Waals surface area contributed by atoms with Gasteiger partial charge >= 0.3 is 0 Å². The van der Waals surface area contributed by atoms with E-state index in [0.717, 1.165) is 67.0 Å². The van der Waals surface area contributed by atoms with Crippen LogP contribution in [0.5, 0.6) is 11.5 Å². The van der Waals surface area contributed by atoms with Gasteiger partial charge in [-0.05, 0) is 83.7 Å². The van der Waals surface area contributed by atoms with E-state index >= 15 is 0 Å². The second-order valence-electron chi connectivity index (χ2n) is 14.3. The summed E-state index contributed by atoms with van der Waals surface area (Å²) in [7, 11) is 0. The molecule has 4 aromatic heterocycles. The van der Waals surface area contributed by atoms with E-state index in [9.17, 15) is 0 Å². The van der Waals surface area contributed by atoms with Gasteiger partial charge in [-0.1, -0.05) is 80.6 Å². The van der Waals surface area contributed by atoms with Crippen molar-refractivity contribution < 1.29 is 4.74 Å². The minimum absolute atomic E-state index is 0.315. The molecular weight excluding hydrogens is 651 g/mol. The van der Waals surface area contributed by atoms with E-state index in [1.54, 1.807) is 0 Å². The van der Waals surface area contributed by atoms with Crippen molar-refractivity contribution in [3.8, 4) is 17.3 Å². The first-order valence-electron chi connectivity index (χ1n) is 18.0. The number of fused-ring (bicyclic) bond motifs is 12. The highest BCUT2D eigenvalue weighted by atomic mass is 16.5. The summed E-state index contributed by atoms with van der Waals surface area (Å²) in [4.78, 5) is 12.1. The number of imidazole rings is 1. The van der Waals surface area contributed by atoms with Crippen molar-refractivity contribution in [2.45, 2.75) is 19.3 Å². The van der Waals surface area contributed by atoms with E-state index in [-0.39, 0.29) is 5.41 Å². The molecule has 0 saturated heterocycles. The number of nitrogens with zero attached hydrogens (tertiary/aromatic N) is 5. The van der Waals surface area contributed by atoms with Crippen LogP contribution in [-0.4, -0.2) is 18.9 Å². The molecule has 53 heavy (non-hydrogen) atoms. The number of pyridine rings is 2. The number of aromatic nitrogens is 4. The Bertz CT molecular complexity index is 3070. The molecule has 0 bridgehead atoms. The maximum atomic E-state index is 6.71. The summed E-state index contributed by atoms with van der Waals surface area (Å²) in [5.41, 5.74) is 9.94. The van der Waals surface area contributed by atoms with Crippen LogP contribution in [0.15, 0.2) is 164 Å². The predicted molar refractivity (Wildman–Crippen MR) is 216 cm³/mol. The highest BCUT2D eigenvalue weighted by Crippen LogP contribution is 2.55. The molecular formula is C47H33N5O. The highest BCUT2D eigenvalue weighted by molar-refractivity contribution is 6.14. The maximum absolute atomic E-state index is 6.71. The lowest BCUT2D eigenvalue weighted by atomic mass is 9.72. The van der Waals surface area contributed by atoms with Crippen molar-refractivity contribution in [3.05, 3.63) is 175 Å². The quantitative estimate of drug-likeness (QED) is 0.173. The molecule has 0 fully saturated rings. The summed E-state index contributed by atoms with van der Waals surface area (Å²) in [6, 6.07) is 51.4. The van der Waals surface area contributed by atoms with Gasteiger partial charge in [0.15, 0.2) is 0 Å². The van der Waals surface area contributed by atoms with Gasteiger partial charge in [0.1, 0.15) is 23.0 Å². The molecule has 1 aliphatic heterocycles. The second kappa shape index (κ2) is 11.0. The lowest BCUT2D eigenvalue weighted by Gasteiger charge is -2.42. The van der Waals surface area contributed by atoms with Crippen LogP contribution in [0, 0.1) is 0 Å². The van der Waals surface area contributed by atoms with Crippen molar-refractivity contribution in [1.82, 2.24) is 18.9 Å². The summed E-state index contributed by atoms with van der Waals surface area (Å²) in [6.45, 7) is 4.70. The van der Waals surface area contributed by atoms with Crippen LogP contribution in [0.4, 0.5) is 17.1 Å². The maximum Gasteiger partial charge on any atom is 0.145 e. The van der Waals surface area contributed by atoms with Crippen molar-refractivity contribution >= 4 is 66.2 Å². The Morgan fingerprint density at radius 3 is 2.15 bits per heavy atom. The van der Waals surface area contributed by atoms with E-state index in [4.69, 9.17) is 14.7 Å². The molecule has 10 aromatic rings. The molecule has 0 radical (unpaired) electrons. The summed E-state index contributed by atoms with van der Waals surface area (Å²) >= 11 is 0. The van der Waals surface area contributed by atoms with Crippen LogP contribution in [0.1, 0.15) is 25.0 Å². The Morgan fingerprint density at radius 1 is 0.547 bits per heavy atom. The minimum Gasteiger partial charge on any atom is -0.457 e. The largest absolute Gasteiger partial charge is 0.457 e. The van der Waals surface area contributed by atoms with Gasteiger partial charge in [-0.2, -0.15) is 0 Å². The van der Waals surface area contributed by atoms with Crippen molar-refractivity contribution in [1.29, 1.82) is 0 Å². The molecule has 252 valence electrons. The fourth-order valence-electron chi connectivity index (χ4n) is 8.73. The van der Waals surface area contributed by atoms with Crippen LogP contribution in [0.25, 0.3) is 54.9 Å². The summed E-state index contributed by atoms with van der Waals surface area (Å²) in [5.74, 6) is 2.37. The highest BCUT2D eigenvalue weighted by Gasteiger charge is 2.39. The van der Waals surface area contributed by atoms with Gasteiger partial charge in [-0.15, -0.1) is 0 Å². The zero-order valence-electron chi connectivity index (χ0n) is 29.2. The number of anilines is 3. The number of benzene rings is 6. The first-order chi connectivity index (χ1) is 26.1. The van der Waals surface area contributed by atoms with E-state index < -0.39 is 0 Å². The molecule has 6 aromatic carbocycles. The van der Waals surface area contributed by atoms with Crippen LogP contribution >= 0.6 is 0 Å². The number of para-hydroxylation sites is 3. The summed E-state index contributed by atoms with van der Waals surface area (Å²) < 4.78 is 11.2. The lowest BCUT2D eigenvalue weighted by molar-refractivity contribution is 0.484. The molecule has 1 aliphatic rings. The second-order valence-corrected chi connectivity index (χ2v) is 14.3. The summed E-state index contributed by atoms with van der Waals surface area (Å²) in [5, 5.41) is 5.70. The Morgan fingerprint density at radius 2 is 1.28 bits per heavy atom. The molecule has 0 N–H and O–H groups in total. The smallest absolute Gasteiger partial charge is 0.145 e. The minimum atomic E-state index is -0.315. The molecule has 0 spiro atoms. The third kappa shape index (κ3) is 4.26. The number of rotatable bonds is 4. The van der Waals surface area contributed by atoms with Crippen molar-refractivity contribution in [2.75, 3.05) is 4.90 Å². The Hall–Kier alpha value is -6.92. The standard InChI is InChI=1S/C47H33N5O/c1-47(2)38-15-7-9-17-40(38)51(30-12-4-3-5-13-30)41-24-23-36-35-22-20-32(29-42(35)52(45(36)44(41)47)43-18-10-11-25-48-43)53-31-19-21-33-34-14-6-8-16-39(34)50-27-26-49-46(50)37(33)28-31/h3-29H,1-2H3. The SMILES string of the molecule is CC1(C)c2ccccc2N(c2ccccc2)c2ccc3c4ccc(Oc5ccc6c7ccccc7n7ccnc7c6c5)cc4n(-c4ccccn4)c3c21. The zero-order valence-corrected chi connectivity index (χ0v) is 29.2. The van der Waals surface area contributed by atoms with E-state index in [2.05, 4.69) is 167 Å². The third-order valence-corrected chi connectivity index (χ3v) is 11.0. The lowest BCUT2D eigenvalue weighted by Crippen LogP contribution is -2.31. The molecule has 6 heteroatoms. The van der Waals surface area contributed by atoms with Gasteiger partial charge in [-0.3, -0.25) is 8.97 Å². The summed E-state index contributed by atoms with van der Waals surface area (Å²) in [6.07, 6.45) is 5.75. The van der Waals surface area contributed by atoms with Crippen LogP contribution in [0.3, 0.4) is 0 Å². The first-order valence-corrected chi connectivity index (χ1v) is 18.0. The van der Waals surface area contributed by atoms with Crippen molar-refractivity contribution in [3.63, 3.8) is 0 Å². The van der Waals surface area contributed by atoms with Crippen LogP contribution < -0.4 is 9.64 Å². The fourth-order valence-corrected chi connectivity index (χ4v) is 8.73. The normalized spacial score (nSPS) is 13.6. The molecule has 0 unspecified atom stereocenters. The van der Waals surface area contributed by atoms with Crippen LogP contribution in [-0.2, 0) is 5.41 Å². The molecule has 5 heterocycles. The van der Waals surface area contributed by atoms with Gasteiger partial charge in [0.25, 0.3) is 0 Å². The Kier molecular flexibility index (Phi) is 6.20. The van der Waals surface area contributed by atoms with Crippen molar-refractivity contribution in [2.24, 2.45) is 0 Å². The number of hydrogen-bond donors (Lipinski definition) is 0. The molecule has 0 atom stereocenters. The van der Waals surface area contributed by atoms with E-state index in [0.29, 0.717) is 0 Å². The third-order valence-electron chi connectivity index (χ3n) is 11.0. The van der Waals surface area contributed by atoms with Gasteiger partial charge in [-0.25, -0.2) is 9.97 Å². The van der Waals surface area contributed by atoms with Crippen LogP contribution in [0.2, 0.25) is 0 Å². The van der Waals surface area contributed by atoms with Gasteiger partial charge in [0.05, 0.1) is 27.9 Å². The Labute approximate surface area is 305 Å². The molecule has 11 rings (SSSR count). The number of hydrogen-bond acceptors (Lipinski definition) is 4. The molecule has 6 nitrogen and oxygen atoms in total. The molecule has 0 amide bonds. The zero-order chi connectivity index (χ0) is 35.3. The fraction of sp³-hybridized carbons (Fsp3) is 0.0638. The van der Waals surface area contributed by atoms with Gasteiger partial charge in [0, 0.05) is 62.9 Å². The molecule has 0 saturated carbocycles. The van der Waals surface area contributed by atoms with Gasteiger partial charge in [0.2, 0.25) is 0 Å². The average molecular weight is 684 g/mol. The van der Waals surface area contributed by atoms with Gasteiger partial charge < -0.3 is 9.64 Å². The van der Waals surface area contributed by atoms with E-state index in [1.807, 2.05) is 24.7 Å². The molecule has 0 aliphatic carbocycles. The average Bonchev–Trinajstić information content (AvgIpc) is 3.82. The monoisotopic (exact) mass is 683 g/mol. The topological polar surface area (TPSA) is 47.6 Å². The predicted octanol–water partition coefficient (Wildman–Crippen LogP) is 12.0. The Balaban J connectivity index is 1.14.